The molecule has 4 aromatic rings. The molecule has 0 radical (unpaired) electrons. The molecule has 4 rings (SSSR count). The molecule has 0 saturated heterocycles. The number of benzene rings is 4. The molecule has 0 atom stereocenters. The minimum absolute atomic E-state index is 0.0303. The molecule has 0 bridgehead atoms. The smallest absolute Gasteiger partial charge is 0.354 e. The lowest BCUT2D eigenvalue weighted by atomic mass is 10.0. The van der Waals surface area contributed by atoms with Crippen molar-refractivity contribution >= 4 is 50.5 Å². The van der Waals surface area contributed by atoms with Gasteiger partial charge >= 0.3 is 12.4 Å². The first-order valence-electron chi connectivity index (χ1n) is 15.0. The molecular weight excluding hydrogens is 690 g/mol. The van der Waals surface area contributed by atoms with Crippen LogP contribution in [0.4, 0.5) is 49.1 Å². The van der Waals surface area contributed by atoms with Gasteiger partial charge in [-0.1, -0.05) is 50.1 Å². The minimum atomic E-state index is -5.20. The molecule has 16 heteroatoms. The van der Waals surface area contributed by atoms with Gasteiger partial charge < -0.3 is 16.0 Å². The number of amides is 3. The van der Waals surface area contributed by atoms with Crippen molar-refractivity contribution in [2.45, 2.75) is 49.9 Å². The summed E-state index contributed by atoms with van der Waals surface area (Å²) in [5.74, 6) is -2.98. The second-order valence-electron chi connectivity index (χ2n) is 10.9. The summed E-state index contributed by atoms with van der Waals surface area (Å²) in [6.07, 6.45) is -8.42. The van der Waals surface area contributed by atoms with Gasteiger partial charge in [-0.05, 0) is 67.1 Å². The van der Waals surface area contributed by atoms with Crippen molar-refractivity contribution in [1.29, 1.82) is 0 Å². The summed E-state index contributed by atoms with van der Waals surface area (Å²) in [6.45, 7) is 1.92. The van der Waals surface area contributed by atoms with E-state index in [1.165, 1.54) is 36.4 Å². The van der Waals surface area contributed by atoms with Crippen LogP contribution in [0.1, 0.15) is 64.4 Å². The van der Waals surface area contributed by atoms with Gasteiger partial charge in [0.05, 0.1) is 28.2 Å². The van der Waals surface area contributed by atoms with Crippen molar-refractivity contribution < 1.29 is 49.1 Å². The predicted molar refractivity (Wildman–Crippen MR) is 174 cm³/mol. The predicted octanol–water partition coefficient (Wildman–Crippen LogP) is 8.36. The van der Waals surface area contributed by atoms with E-state index in [0.29, 0.717) is 12.1 Å². The third-order valence-corrected chi connectivity index (χ3v) is 8.54. The number of hydrogen-bond acceptors (Lipinski definition) is 6. The molecule has 3 amide bonds. The van der Waals surface area contributed by atoms with Crippen LogP contribution in [0.25, 0.3) is 0 Å². The van der Waals surface area contributed by atoms with Gasteiger partial charge in [0.2, 0.25) is 5.91 Å². The highest BCUT2D eigenvalue weighted by molar-refractivity contribution is 7.90. The number of carbonyl (C=O) groups is 3. The van der Waals surface area contributed by atoms with Gasteiger partial charge in [-0.15, -0.1) is 0 Å². The maximum atomic E-state index is 13.5. The van der Waals surface area contributed by atoms with Crippen LogP contribution in [-0.4, -0.2) is 26.1 Å². The Hall–Kier alpha value is -5.38. The van der Waals surface area contributed by atoms with Crippen LogP contribution in [0.2, 0.25) is 0 Å². The second kappa shape index (κ2) is 15.4. The number of hydrogen-bond donors (Lipinski definition) is 4. The zero-order valence-corrected chi connectivity index (χ0v) is 27.0. The molecule has 0 aliphatic carbocycles. The lowest BCUT2D eigenvalue weighted by Gasteiger charge is -2.17. The van der Waals surface area contributed by atoms with Gasteiger partial charge in [0, 0.05) is 23.2 Å². The summed E-state index contributed by atoms with van der Waals surface area (Å²) in [5, 5.41) is 7.67. The second-order valence-corrected chi connectivity index (χ2v) is 12.6. The van der Waals surface area contributed by atoms with Crippen molar-refractivity contribution in [3.63, 3.8) is 0 Å². The van der Waals surface area contributed by atoms with E-state index >= 15 is 0 Å². The van der Waals surface area contributed by atoms with Crippen LogP contribution in [0, 0.1) is 0 Å². The zero-order valence-electron chi connectivity index (χ0n) is 26.2. The maximum Gasteiger partial charge on any atom is 0.416 e. The third kappa shape index (κ3) is 9.84. The monoisotopic (exact) mass is 720 g/mol. The summed E-state index contributed by atoms with van der Waals surface area (Å²) in [5.41, 5.74) is -4.35. The van der Waals surface area contributed by atoms with Crippen LogP contribution in [0.15, 0.2) is 95.9 Å². The van der Waals surface area contributed by atoms with Gasteiger partial charge in [0.25, 0.3) is 21.8 Å². The van der Waals surface area contributed by atoms with E-state index in [4.69, 9.17) is 0 Å². The maximum absolute atomic E-state index is 13.5. The molecule has 0 saturated carbocycles. The van der Waals surface area contributed by atoms with Gasteiger partial charge in [0.15, 0.2) is 0 Å². The Bertz CT molecular complexity index is 1950. The van der Waals surface area contributed by atoms with Gasteiger partial charge in [-0.3, -0.25) is 14.4 Å². The van der Waals surface area contributed by atoms with Crippen molar-refractivity contribution in [3.8, 4) is 0 Å². The number of halogens is 6. The Balaban J connectivity index is 1.68. The number of unbranched alkanes of at least 4 members (excludes halogenated alkanes) is 2. The fourth-order valence-corrected chi connectivity index (χ4v) is 5.82. The fraction of sp³-hybridized carbons (Fsp3) is 0.206. The largest absolute Gasteiger partial charge is 0.416 e. The van der Waals surface area contributed by atoms with Crippen molar-refractivity contribution in [2.24, 2.45) is 0 Å². The highest BCUT2D eigenvalue weighted by Crippen LogP contribution is 2.37. The van der Waals surface area contributed by atoms with Crippen LogP contribution in [0.5, 0.6) is 0 Å². The average molecular weight is 721 g/mol. The Labute approximate surface area is 283 Å². The van der Waals surface area contributed by atoms with E-state index in [-0.39, 0.29) is 47.2 Å². The highest BCUT2D eigenvalue weighted by Gasteiger charge is 2.37. The van der Waals surface area contributed by atoms with E-state index in [1.807, 2.05) is 11.6 Å². The Morgan fingerprint density at radius 1 is 0.640 bits per heavy atom. The first-order chi connectivity index (χ1) is 23.5. The molecule has 4 aromatic carbocycles. The summed E-state index contributed by atoms with van der Waals surface area (Å²) >= 11 is 0. The van der Waals surface area contributed by atoms with E-state index in [0.717, 1.165) is 18.9 Å². The van der Waals surface area contributed by atoms with Crippen molar-refractivity contribution in [3.05, 3.63) is 113 Å². The zero-order chi connectivity index (χ0) is 36.7. The molecule has 0 unspecified atom stereocenters. The molecule has 264 valence electrons. The molecule has 50 heavy (non-hydrogen) atoms. The number of carbonyl (C=O) groups excluding carboxylic acids is 3. The molecule has 0 heterocycles. The molecule has 0 fully saturated rings. The van der Waals surface area contributed by atoms with Crippen molar-refractivity contribution in [2.75, 3.05) is 16.0 Å². The fourth-order valence-electron chi connectivity index (χ4n) is 4.65. The molecular formula is C34H30F6N4O5S. The molecule has 9 nitrogen and oxygen atoms in total. The number of sulfonamides is 1. The van der Waals surface area contributed by atoms with E-state index in [9.17, 15) is 49.1 Å². The van der Waals surface area contributed by atoms with Crippen LogP contribution in [0.3, 0.4) is 0 Å². The molecule has 0 aliphatic rings. The number of nitrogens with one attached hydrogen (secondary N) is 4. The normalized spacial score (nSPS) is 11.8. The van der Waals surface area contributed by atoms with Crippen molar-refractivity contribution in [1.82, 2.24) is 4.72 Å². The minimum Gasteiger partial charge on any atom is -0.354 e. The number of rotatable bonds is 12. The Morgan fingerprint density at radius 2 is 1.22 bits per heavy atom. The molecule has 0 aliphatic heterocycles. The van der Waals surface area contributed by atoms with Crippen LogP contribution in [-0.2, 0) is 27.2 Å². The first-order valence-corrected chi connectivity index (χ1v) is 16.5. The number of anilines is 4. The third-order valence-electron chi connectivity index (χ3n) is 7.11. The Kier molecular flexibility index (Phi) is 11.6. The summed E-state index contributed by atoms with van der Waals surface area (Å²) < 4.78 is 109. The summed E-state index contributed by atoms with van der Waals surface area (Å²) in [4.78, 5) is 38.4. The molecule has 4 N–H and O–H groups in total. The van der Waals surface area contributed by atoms with Gasteiger partial charge in [-0.25, -0.2) is 13.1 Å². The Morgan fingerprint density at radius 3 is 1.84 bits per heavy atom. The van der Waals surface area contributed by atoms with Gasteiger partial charge in [-0.2, -0.15) is 26.3 Å². The van der Waals surface area contributed by atoms with Crippen LogP contribution >= 0.6 is 0 Å². The number of alkyl halides is 6. The van der Waals surface area contributed by atoms with E-state index < -0.39 is 61.7 Å². The lowest BCUT2D eigenvalue weighted by Crippen LogP contribution is -2.31. The summed E-state index contributed by atoms with van der Waals surface area (Å²) in [7, 11) is -4.42. The highest BCUT2D eigenvalue weighted by atomic mass is 32.2. The summed E-state index contributed by atoms with van der Waals surface area (Å²) in [6, 6.07) is 17.7. The standard InChI is InChI=1S/C34H30F6N4O5S/c1-2-3-5-14-30(45)44-50(48,49)29-13-9-8-12-27(29)42-31(46)21-15-16-26(41-25-10-6-4-7-11-25)28(19-21)43-32(47)22-17-23(33(35,36)37)20-24(18-22)34(38,39)40/h4,6-13,15-20,41H,2-3,5,14H2,1H3,(H,42,46)(H,43,47)(H,44,45). The first kappa shape index (κ1) is 37.4. The van der Waals surface area contributed by atoms with Gasteiger partial charge in [0.1, 0.15) is 4.90 Å². The molecule has 0 spiro atoms. The molecule has 0 aromatic heterocycles. The topological polar surface area (TPSA) is 133 Å². The van der Waals surface area contributed by atoms with Crippen LogP contribution < -0.4 is 20.7 Å². The number of para-hydroxylation sites is 2. The SMILES string of the molecule is CCCCCC(=O)NS(=O)(=O)c1ccccc1NC(=O)c1ccc(Nc2ccccc2)c(NC(=O)c2cc(C(F)(F)F)cc(C(F)(F)F)c2)c1. The average Bonchev–Trinajstić information content (AvgIpc) is 3.05. The van der Waals surface area contributed by atoms with E-state index in [1.54, 1.807) is 30.3 Å². The quantitative estimate of drug-likeness (QED) is 0.0859. The van der Waals surface area contributed by atoms with E-state index in [2.05, 4.69) is 16.0 Å². The lowest BCUT2D eigenvalue weighted by molar-refractivity contribution is -0.143.